The van der Waals surface area contributed by atoms with Gasteiger partial charge in [0.1, 0.15) is 5.82 Å². The predicted octanol–water partition coefficient (Wildman–Crippen LogP) is 3.42. The lowest BCUT2D eigenvalue weighted by Crippen LogP contribution is -2.12. The van der Waals surface area contributed by atoms with Gasteiger partial charge in [-0.25, -0.2) is 4.39 Å². The quantitative estimate of drug-likeness (QED) is 0.759. The highest BCUT2D eigenvalue weighted by molar-refractivity contribution is 5.83. The van der Waals surface area contributed by atoms with Crippen LogP contribution in [0.25, 0.3) is 10.8 Å². The van der Waals surface area contributed by atoms with Crippen molar-refractivity contribution in [2.75, 3.05) is 0 Å². The van der Waals surface area contributed by atoms with Gasteiger partial charge >= 0.3 is 0 Å². The number of nitrogens with two attached hydrogens (primary N) is 1. The summed E-state index contributed by atoms with van der Waals surface area (Å²) in [5, 5.41) is 2.29. The number of hydrogen-bond donors (Lipinski definition) is 1. The number of fused-ring (bicyclic) bond motifs is 1. The summed E-state index contributed by atoms with van der Waals surface area (Å²) in [6.07, 6.45) is 2.78. The molecule has 2 aromatic carbocycles. The summed E-state index contributed by atoms with van der Waals surface area (Å²) >= 11 is 0. The Kier molecular flexibility index (Phi) is 2.97. The van der Waals surface area contributed by atoms with Crippen LogP contribution in [-0.4, -0.2) is 4.98 Å². The first kappa shape index (κ1) is 11.8. The maximum Gasteiger partial charge on any atom is 0.141 e. The summed E-state index contributed by atoms with van der Waals surface area (Å²) in [5.41, 5.74) is 7.80. The van der Waals surface area contributed by atoms with Gasteiger partial charge in [0.25, 0.3) is 0 Å². The average molecular weight is 252 g/mol. The molecule has 94 valence electrons. The number of hydrogen-bond acceptors (Lipinski definition) is 2. The summed E-state index contributed by atoms with van der Waals surface area (Å²) in [6, 6.07) is 15.2. The van der Waals surface area contributed by atoms with Crippen molar-refractivity contribution in [2.24, 2.45) is 5.73 Å². The Bertz CT molecular complexity index is 725. The standard InChI is InChI=1S/C16H13FN2/c17-15-8-14(9-19-10-15)16(18)13-6-5-11-3-1-2-4-12(11)7-13/h1-10,16H,18H2. The molecule has 0 bridgehead atoms. The van der Waals surface area contributed by atoms with E-state index in [4.69, 9.17) is 5.73 Å². The van der Waals surface area contributed by atoms with Gasteiger partial charge in [-0.15, -0.1) is 0 Å². The molecule has 0 saturated carbocycles. The Labute approximate surface area is 110 Å². The normalized spacial score (nSPS) is 12.5. The van der Waals surface area contributed by atoms with E-state index in [0.29, 0.717) is 5.56 Å². The highest BCUT2D eigenvalue weighted by atomic mass is 19.1. The van der Waals surface area contributed by atoms with Crippen LogP contribution in [0.3, 0.4) is 0 Å². The van der Waals surface area contributed by atoms with Crippen molar-refractivity contribution in [2.45, 2.75) is 6.04 Å². The topological polar surface area (TPSA) is 38.9 Å². The van der Waals surface area contributed by atoms with Crippen LogP contribution in [0.1, 0.15) is 17.2 Å². The molecule has 19 heavy (non-hydrogen) atoms. The van der Waals surface area contributed by atoms with E-state index in [1.165, 1.54) is 12.3 Å². The summed E-state index contributed by atoms with van der Waals surface area (Å²) in [5.74, 6) is -0.367. The molecule has 0 amide bonds. The van der Waals surface area contributed by atoms with Crippen LogP contribution < -0.4 is 5.73 Å². The van der Waals surface area contributed by atoms with E-state index in [1.54, 1.807) is 6.20 Å². The molecule has 0 aliphatic heterocycles. The Hall–Kier alpha value is -2.26. The van der Waals surface area contributed by atoms with Crippen molar-refractivity contribution in [3.05, 3.63) is 77.9 Å². The highest BCUT2D eigenvalue weighted by Crippen LogP contribution is 2.23. The first-order valence-electron chi connectivity index (χ1n) is 6.09. The molecule has 0 saturated heterocycles. The Morgan fingerprint density at radius 2 is 1.68 bits per heavy atom. The van der Waals surface area contributed by atoms with Crippen molar-refractivity contribution in [1.82, 2.24) is 4.98 Å². The van der Waals surface area contributed by atoms with E-state index in [1.807, 2.05) is 42.5 Å². The minimum atomic E-state index is -0.368. The molecule has 2 nitrogen and oxygen atoms in total. The van der Waals surface area contributed by atoms with Gasteiger partial charge in [-0.05, 0) is 34.0 Å². The fourth-order valence-electron chi connectivity index (χ4n) is 2.19. The van der Waals surface area contributed by atoms with Crippen molar-refractivity contribution in [1.29, 1.82) is 0 Å². The van der Waals surface area contributed by atoms with E-state index >= 15 is 0 Å². The number of rotatable bonds is 2. The molecule has 3 rings (SSSR count). The van der Waals surface area contributed by atoms with E-state index in [2.05, 4.69) is 4.98 Å². The Balaban J connectivity index is 2.04. The van der Waals surface area contributed by atoms with Gasteiger partial charge in [0.15, 0.2) is 0 Å². The number of halogens is 1. The summed E-state index contributed by atoms with van der Waals surface area (Å²) in [7, 11) is 0. The van der Waals surface area contributed by atoms with Crippen LogP contribution in [0, 0.1) is 5.82 Å². The van der Waals surface area contributed by atoms with Gasteiger partial charge in [-0.1, -0.05) is 36.4 Å². The summed E-state index contributed by atoms with van der Waals surface area (Å²) in [4.78, 5) is 3.84. The monoisotopic (exact) mass is 252 g/mol. The number of benzene rings is 2. The third-order valence-electron chi connectivity index (χ3n) is 3.22. The van der Waals surface area contributed by atoms with Gasteiger partial charge in [0.2, 0.25) is 0 Å². The minimum absolute atomic E-state index is 0.367. The van der Waals surface area contributed by atoms with E-state index in [-0.39, 0.29) is 11.9 Å². The molecular weight excluding hydrogens is 239 g/mol. The highest BCUT2D eigenvalue weighted by Gasteiger charge is 2.10. The molecule has 1 aromatic heterocycles. The largest absolute Gasteiger partial charge is 0.320 e. The molecule has 1 heterocycles. The van der Waals surface area contributed by atoms with Crippen LogP contribution in [0.5, 0.6) is 0 Å². The van der Waals surface area contributed by atoms with Crippen LogP contribution in [-0.2, 0) is 0 Å². The second kappa shape index (κ2) is 4.78. The molecule has 0 fully saturated rings. The fourth-order valence-corrected chi connectivity index (χ4v) is 2.19. The molecular formula is C16H13FN2. The van der Waals surface area contributed by atoms with Gasteiger partial charge in [-0.2, -0.15) is 0 Å². The second-order valence-corrected chi connectivity index (χ2v) is 4.52. The molecule has 2 N–H and O–H groups in total. The van der Waals surface area contributed by atoms with Crippen molar-refractivity contribution in [3.63, 3.8) is 0 Å². The van der Waals surface area contributed by atoms with E-state index in [9.17, 15) is 4.39 Å². The zero-order chi connectivity index (χ0) is 13.2. The Morgan fingerprint density at radius 3 is 2.47 bits per heavy atom. The van der Waals surface area contributed by atoms with Crippen molar-refractivity contribution in [3.8, 4) is 0 Å². The predicted molar refractivity (Wildman–Crippen MR) is 74.2 cm³/mol. The average Bonchev–Trinajstić information content (AvgIpc) is 2.46. The van der Waals surface area contributed by atoms with Crippen molar-refractivity contribution < 1.29 is 4.39 Å². The number of pyridine rings is 1. The molecule has 0 aliphatic carbocycles. The smallest absolute Gasteiger partial charge is 0.141 e. The SMILES string of the molecule is NC(c1cncc(F)c1)c1ccc2ccccc2c1. The molecule has 3 heteroatoms. The second-order valence-electron chi connectivity index (χ2n) is 4.52. The third-order valence-corrected chi connectivity index (χ3v) is 3.22. The first-order chi connectivity index (χ1) is 9.24. The first-order valence-corrected chi connectivity index (χ1v) is 6.09. The molecule has 3 aromatic rings. The van der Waals surface area contributed by atoms with Crippen LogP contribution in [0.4, 0.5) is 4.39 Å². The molecule has 0 spiro atoms. The lowest BCUT2D eigenvalue weighted by atomic mass is 9.98. The molecule has 1 atom stereocenters. The molecule has 0 radical (unpaired) electrons. The van der Waals surface area contributed by atoms with Gasteiger partial charge in [0, 0.05) is 6.20 Å². The molecule has 0 aliphatic rings. The lowest BCUT2D eigenvalue weighted by molar-refractivity contribution is 0.616. The minimum Gasteiger partial charge on any atom is -0.320 e. The van der Waals surface area contributed by atoms with Gasteiger partial charge < -0.3 is 5.73 Å². The summed E-state index contributed by atoms with van der Waals surface area (Å²) in [6.45, 7) is 0. The maximum absolute atomic E-state index is 13.2. The number of nitrogens with zero attached hydrogens (tertiary/aromatic N) is 1. The van der Waals surface area contributed by atoms with Crippen LogP contribution >= 0.6 is 0 Å². The number of aromatic nitrogens is 1. The van der Waals surface area contributed by atoms with Crippen molar-refractivity contribution >= 4 is 10.8 Å². The third kappa shape index (κ3) is 2.33. The molecule has 1 unspecified atom stereocenters. The summed E-state index contributed by atoms with van der Waals surface area (Å²) < 4.78 is 13.2. The van der Waals surface area contributed by atoms with Gasteiger partial charge in [0.05, 0.1) is 12.2 Å². The van der Waals surface area contributed by atoms with Crippen LogP contribution in [0.2, 0.25) is 0 Å². The van der Waals surface area contributed by atoms with E-state index in [0.717, 1.165) is 16.3 Å². The van der Waals surface area contributed by atoms with Crippen LogP contribution in [0.15, 0.2) is 60.9 Å². The lowest BCUT2D eigenvalue weighted by Gasteiger charge is -2.13. The zero-order valence-electron chi connectivity index (χ0n) is 10.3. The maximum atomic E-state index is 13.2. The fraction of sp³-hybridized carbons (Fsp3) is 0.0625. The zero-order valence-corrected chi connectivity index (χ0v) is 10.3. The Morgan fingerprint density at radius 1 is 0.895 bits per heavy atom. The van der Waals surface area contributed by atoms with E-state index < -0.39 is 0 Å². The van der Waals surface area contributed by atoms with Gasteiger partial charge in [-0.3, -0.25) is 4.98 Å².